The van der Waals surface area contributed by atoms with Crippen molar-refractivity contribution in [3.05, 3.63) is 214 Å². The van der Waals surface area contributed by atoms with Crippen LogP contribution in [0.5, 0.6) is 34.5 Å². The summed E-state index contributed by atoms with van der Waals surface area (Å²) in [5.74, 6) is 3.43. The van der Waals surface area contributed by atoms with Gasteiger partial charge in [-0.25, -0.2) is 34.9 Å². The Morgan fingerprint density at radius 3 is 1.12 bits per heavy atom. The van der Waals surface area contributed by atoms with Crippen LogP contribution in [0.1, 0.15) is 118 Å². The molecule has 33 nitrogen and oxygen atoms in total. The molecule has 0 radical (unpaired) electrons. The predicted molar refractivity (Wildman–Crippen MR) is 571 cm³/mol. The van der Waals surface area contributed by atoms with Crippen molar-refractivity contribution in [1.82, 2.24) is 75.3 Å². The average molecular weight is 2120 g/mol. The first kappa shape index (κ1) is 109. The summed E-state index contributed by atoms with van der Waals surface area (Å²) in [4.78, 5) is 116. The molecule has 2 saturated heterocycles. The first-order valence-electron chi connectivity index (χ1n) is 46.5. The molecule has 0 unspecified atom stereocenters. The van der Waals surface area contributed by atoms with Gasteiger partial charge >= 0.3 is 0 Å². The zero-order chi connectivity index (χ0) is 104. The van der Waals surface area contributed by atoms with Crippen LogP contribution in [0.2, 0.25) is 40.2 Å². The molecule has 6 aromatic heterocycles. The normalized spacial score (nSPS) is 18.1. The third kappa shape index (κ3) is 24.5. The number of hydrogen-bond donors (Lipinski definition) is 8. The van der Waals surface area contributed by atoms with Crippen molar-refractivity contribution in [2.45, 2.75) is 192 Å². The minimum atomic E-state index is -0.370. The monoisotopic (exact) mass is 2120 g/mol. The number of aromatic nitrogens is 11. The summed E-state index contributed by atoms with van der Waals surface area (Å²) in [6, 6.07) is 19.0. The molecule has 6 aromatic carbocycles. The predicted octanol–water partition coefficient (Wildman–Crippen LogP) is 19.9. The van der Waals surface area contributed by atoms with Gasteiger partial charge in [-0.05, 0) is 195 Å². The topological polar surface area (TPSA) is 398 Å². The van der Waals surface area contributed by atoms with Crippen LogP contribution in [0.3, 0.4) is 0 Å². The fourth-order valence-electron chi connectivity index (χ4n) is 17.8. The number of pyridine rings is 1. The summed E-state index contributed by atoms with van der Waals surface area (Å²) < 4.78 is 47.4. The smallest absolute Gasteiger partial charge is 0.278 e. The van der Waals surface area contributed by atoms with E-state index in [1.807, 2.05) is 91.8 Å². The minimum absolute atomic E-state index is 0.0192. The SMILES string of the molecule is C=CC(=O)N[C@@H]1CC(C)(C)OC[C@@H]1Nc1ncc2cc(-c3c(Cl)c(OC)cc(OC)c3Cl)ccc2n1.C=CC(=O)N[C@H]1CC(C)(C)OC[C@H]1Nc1ncc2cc(-c3c(Cl)c(OC)cc(OC)c3Cl)ccc2n1.C=CC(=O)N[C@H]1CCC[C@H]1Nc1ncc2cc(-c3c(Cl)c(CC)cc(OC)c3Cl)c(=O)n(CC)c2n1.C=CC(=O)N[C@H]1CCC[C@H]1Nc1ncc2nc(-c3c(Cl)c(CC)cc(OC)c3Cl)c(=O)n(CC)c2n1. The first-order chi connectivity index (χ1) is 68.9. The number of anilines is 4. The Kier molecular flexibility index (Phi) is 36.3. The molecule has 4 aliphatic rings. The van der Waals surface area contributed by atoms with Crippen LogP contribution >= 0.6 is 92.8 Å². The molecule has 16 rings (SSSR count). The van der Waals surface area contributed by atoms with Crippen LogP contribution in [0.25, 0.3) is 88.6 Å². The highest BCUT2D eigenvalue weighted by Gasteiger charge is 2.40. The van der Waals surface area contributed by atoms with E-state index in [4.69, 9.17) is 131 Å². The number of amides is 4. The Morgan fingerprint density at radius 2 is 0.729 bits per heavy atom. The molecule has 41 heteroatoms. The summed E-state index contributed by atoms with van der Waals surface area (Å²) in [5, 5.41) is 30.2. The highest BCUT2D eigenvalue weighted by molar-refractivity contribution is 6.43. The van der Waals surface area contributed by atoms with Gasteiger partial charge in [0.25, 0.3) is 11.1 Å². The molecule has 760 valence electrons. The number of ether oxygens (including phenoxy) is 8. The van der Waals surface area contributed by atoms with Gasteiger partial charge in [0.2, 0.25) is 47.4 Å². The van der Waals surface area contributed by atoms with Crippen molar-refractivity contribution in [1.29, 1.82) is 0 Å². The van der Waals surface area contributed by atoms with Gasteiger partial charge in [0.05, 0.1) is 154 Å². The molecule has 4 fully saturated rings. The first-order valence-corrected chi connectivity index (χ1v) is 49.6. The second kappa shape index (κ2) is 48.1. The fourth-order valence-corrected chi connectivity index (χ4v) is 20.7. The van der Waals surface area contributed by atoms with E-state index in [1.54, 1.807) is 59.7 Å². The lowest BCUT2D eigenvalue weighted by atomic mass is 9.90. The largest absolute Gasteiger partial charge is 0.495 e. The number of nitrogens with zero attached hydrogens (tertiary/aromatic N) is 11. The van der Waals surface area contributed by atoms with Crippen LogP contribution in [0, 0.1) is 0 Å². The van der Waals surface area contributed by atoms with E-state index in [1.165, 1.54) is 71.5 Å². The van der Waals surface area contributed by atoms with E-state index >= 15 is 0 Å². The van der Waals surface area contributed by atoms with E-state index in [-0.39, 0.29) is 110 Å². The third-order valence-corrected chi connectivity index (χ3v) is 28.4. The number of aryl methyl sites for hydroxylation is 4. The summed E-state index contributed by atoms with van der Waals surface area (Å²) in [6.45, 7) is 31.3. The van der Waals surface area contributed by atoms with Gasteiger partial charge in [0, 0.05) is 106 Å². The Bertz CT molecular complexity index is 6530. The summed E-state index contributed by atoms with van der Waals surface area (Å²) in [7, 11) is 9.18. The minimum Gasteiger partial charge on any atom is -0.495 e. The number of nitrogens with one attached hydrogen (secondary N) is 8. The highest BCUT2D eigenvalue weighted by Crippen LogP contribution is 2.50. The maximum Gasteiger partial charge on any atom is 0.278 e. The quantitative estimate of drug-likeness (QED) is 0.0194. The fraction of sp³-hybridized carbons (Fsp3) is 0.369. The van der Waals surface area contributed by atoms with Crippen LogP contribution in [-0.4, -0.2) is 193 Å². The third-order valence-electron chi connectivity index (χ3n) is 25.3. The second-order valence-electron chi connectivity index (χ2n) is 35.4. The van der Waals surface area contributed by atoms with Gasteiger partial charge < -0.3 is 80.4 Å². The van der Waals surface area contributed by atoms with Gasteiger partial charge in [-0.2, -0.15) is 9.97 Å². The van der Waals surface area contributed by atoms with Crippen molar-refractivity contribution >= 4 is 184 Å². The van der Waals surface area contributed by atoms with Crippen molar-refractivity contribution in [3.63, 3.8) is 0 Å². The lowest BCUT2D eigenvalue weighted by Crippen LogP contribution is -2.56. The number of carbonyl (C=O) groups excluding carboxylic acids is 4. The molecule has 0 spiro atoms. The number of hydrogen-bond acceptors (Lipinski definition) is 27. The highest BCUT2D eigenvalue weighted by atomic mass is 35.5. The number of rotatable bonds is 30. The molecule has 0 bridgehead atoms. The summed E-state index contributed by atoms with van der Waals surface area (Å²) in [5.41, 5.74) is 7.03. The lowest BCUT2D eigenvalue weighted by molar-refractivity contribution is -0.121. The molecule has 2 saturated carbocycles. The lowest BCUT2D eigenvalue weighted by Gasteiger charge is -2.41. The number of benzene rings is 6. The van der Waals surface area contributed by atoms with Crippen molar-refractivity contribution in [2.75, 3.05) is 77.1 Å². The number of fused-ring (bicyclic) bond motifs is 4. The number of methoxy groups -OCH3 is 6. The Labute approximate surface area is 873 Å². The van der Waals surface area contributed by atoms with Crippen molar-refractivity contribution in [2.24, 2.45) is 0 Å². The Hall–Kier alpha value is -12.4. The van der Waals surface area contributed by atoms with Crippen LogP contribution < -0.4 is 82.1 Å². The molecule has 8 atom stereocenters. The zero-order valence-corrected chi connectivity index (χ0v) is 88.0. The van der Waals surface area contributed by atoms with Crippen molar-refractivity contribution < 1.29 is 57.1 Å². The van der Waals surface area contributed by atoms with Gasteiger partial charge in [-0.3, -0.25) is 37.9 Å². The van der Waals surface area contributed by atoms with Crippen LogP contribution in [0.15, 0.2) is 152 Å². The molecule has 4 amide bonds. The number of carbonyl (C=O) groups is 4. The molecule has 144 heavy (non-hydrogen) atoms. The molecular weight excluding hydrogens is 2010 g/mol. The van der Waals surface area contributed by atoms with Crippen LogP contribution in [0.4, 0.5) is 23.8 Å². The van der Waals surface area contributed by atoms with E-state index in [0.29, 0.717) is 190 Å². The maximum atomic E-state index is 13.6. The van der Waals surface area contributed by atoms with Gasteiger partial charge in [-0.15, -0.1) is 0 Å². The zero-order valence-electron chi connectivity index (χ0n) is 82.0. The second-order valence-corrected chi connectivity index (χ2v) is 38.4. The maximum absolute atomic E-state index is 13.6. The molecule has 8 N–H and O–H groups in total. The molecular formula is C103H113Cl8N19O14. The Morgan fingerprint density at radius 1 is 0.389 bits per heavy atom. The van der Waals surface area contributed by atoms with E-state index in [2.05, 4.69) is 114 Å². The average Bonchev–Trinajstić information content (AvgIpc) is 0.821. The van der Waals surface area contributed by atoms with Gasteiger partial charge in [0.15, 0.2) is 5.65 Å². The summed E-state index contributed by atoms with van der Waals surface area (Å²) in [6.07, 6.45) is 19.6. The van der Waals surface area contributed by atoms with Crippen LogP contribution in [-0.2, 0) is 54.6 Å². The van der Waals surface area contributed by atoms with E-state index in [0.717, 1.165) is 82.6 Å². The molecule has 8 heterocycles. The molecule has 2 aliphatic carbocycles. The summed E-state index contributed by atoms with van der Waals surface area (Å²) >= 11 is 53.0. The molecule has 2 aliphatic heterocycles. The van der Waals surface area contributed by atoms with Crippen molar-refractivity contribution in [3.8, 4) is 79.1 Å². The number of halogens is 8. The van der Waals surface area contributed by atoms with Gasteiger partial charge in [0.1, 0.15) is 51.4 Å². The molecule has 12 aromatic rings. The Balaban J connectivity index is 0.000000161. The van der Waals surface area contributed by atoms with E-state index < -0.39 is 0 Å². The van der Waals surface area contributed by atoms with Gasteiger partial charge in [-0.1, -0.05) is 145 Å². The van der Waals surface area contributed by atoms with E-state index in [9.17, 15) is 28.8 Å². The standard InChI is InChI=1S/C26H29Cl2N5O3.2C26H28Cl2N4O4.C25H28Cl2N6O3/c1-5-14-12-19(36-4)23(28)21(22(14)27)16-11-15-13-29-26(32-24(15)33(7-3)25(16)35)31-18-10-8-9-17(18)30-20(34)6-2;2*1-6-21(33)30-17-11-26(2,3)36-13-18(17)32-25-29-12-15-9-14(7-8-16(15)31-25)22-23(27)19(34-4)10-20(35-5)24(22)28;1-5-13-11-17(36-4)21(27)19(20(13)26)22-24(35)33(7-3)23-16(30-22)12-28-25(32-23)31-15-10-8-9-14(15)29-18(34)6-2/h6,11-13,17-18H,2,5,7-10H2,1,3-4H3,(H,30,34)(H,29,31,32);2*6-10,12,17-18H,1,11,13H2,2-5H3,(H,30,33)(H,29,31,32);6,11-12,14-15H,2,5,7-10H2,1,3-4H3,(H,29,34)(H,28,31,32)/t3*17-,18+;14-,15+/m0100/s1.